The molecule has 24 heavy (non-hydrogen) atoms. The molecular weight excluding hydrogens is 338 g/mol. The molecule has 0 radical (unpaired) electrons. The summed E-state index contributed by atoms with van der Waals surface area (Å²) in [5, 5.41) is 28.3. The lowest BCUT2D eigenvalue weighted by molar-refractivity contribution is -0.386. The Morgan fingerprint density at radius 3 is 2.71 bits per heavy atom. The normalized spacial score (nSPS) is 10.6. The van der Waals surface area contributed by atoms with Crippen molar-refractivity contribution in [2.75, 3.05) is 0 Å². The lowest BCUT2D eigenvalue weighted by Crippen LogP contribution is -2.24. The van der Waals surface area contributed by atoms with Crippen LogP contribution in [0.4, 0.5) is 5.69 Å². The number of hydrogen-bond acceptors (Lipinski definition) is 7. The van der Waals surface area contributed by atoms with Crippen molar-refractivity contribution >= 4 is 28.9 Å². The molecule has 0 aliphatic rings. The zero-order valence-corrected chi connectivity index (χ0v) is 13.8. The lowest BCUT2D eigenvalue weighted by Gasteiger charge is -2.05. The number of carboxylic acids is 1. The molecule has 0 aromatic carbocycles. The first-order valence-electron chi connectivity index (χ1n) is 6.92. The SMILES string of the molecule is Cc1nn(CCC(=O)NCc2nc(C(=O)O)cs2)c(C)c1[N+](=O)[O-]. The number of rotatable bonds is 7. The maximum absolute atomic E-state index is 11.8. The Hall–Kier alpha value is -2.82. The summed E-state index contributed by atoms with van der Waals surface area (Å²) in [6.45, 7) is 3.47. The van der Waals surface area contributed by atoms with Gasteiger partial charge < -0.3 is 10.4 Å². The Balaban J connectivity index is 1.88. The summed E-state index contributed by atoms with van der Waals surface area (Å²) in [5.74, 6) is -1.40. The van der Waals surface area contributed by atoms with Gasteiger partial charge in [-0.1, -0.05) is 0 Å². The molecule has 0 aliphatic heterocycles. The van der Waals surface area contributed by atoms with Gasteiger partial charge in [0.25, 0.3) is 0 Å². The number of carbonyl (C=O) groups excluding carboxylic acids is 1. The Labute approximate surface area is 140 Å². The second kappa shape index (κ2) is 7.17. The van der Waals surface area contributed by atoms with Crippen LogP contribution in [0.5, 0.6) is 0 Å². The smallest absolute Gasteiger partial charge is 0.355 e. The van der Waals surface area contributed by atoms with E-state index in [1.165, 1.54) is 10.1 Å². The minimum Gasteiger partial charge on any atom is -0.476 e. The van der Waals surface area contributed by atoms with Crippen molar-refractivity contribution in [1.82, 2.24) is 20.1 Å². The fourth-order valence-electron chi connectivity index (χ4n) is 2.13. The zero-order valence-electron chi connectivity index (χ0n) is 13.0. The quantitative estimate of drug-likeness (QED) is 0.564. The van der Waals surface area contributed by atoms with Gasteiger partial charge in [-0.2, -0.15) is 5.10 Å². The lowest BCUT2D eigenvalue weighted by atomic mass is 10.3. The maximum atomic E-state index is 11.8. The van der Waals surface area contributed by atoms with Crippen LogP contribution in [-0.2, 0) is 17.9 Å². The van der Waals surface area contributed by atoms with E-state index in [0.717, 1.165) is 11.3 Å². The maximum Gasteiger partial charge on any atom is 0.355 e. The van der Waals surface area contributed by atoms with E-state index in [2.05, 4.69) is 15.4 Å². The van der Waals surface area contributed by atoms with E-state index in [1.54, 1.807) is 13.8 Å². The number of aromatic carboxylic acids is 1. The van der Waals surface area contributed by atoms with E-state index in [-0.39, 0.29) is 36.8 Å². The van der Waals surface area contributed by atoms with E-state index >= 15 is 0 Å². The van der Waals surface area contributed by atoms with Gasteiger partial charge in [0.05, 0.1) is 18.0 Å². The highest BCUT2D eigenvalue weighted by molar-refractivity contribution is 7.09. The summed E-state index contributed by atoms with van der Waals surface area (Å²) in [4.78, 5) is 36.9. The molecule has 2 heterocycles. The third-order valence-corrected chi connectivity index (χ3v) is 4.13. The zero-order chi connectivity index (χ0) is 17.9. The van der Waals surface area contributed by atoms with Gasteiger partial charge >= 0.3 is 11.7 Å². The van der Waals surface area contributed by atoms with Crippen LogP contribution in [0.3, 0.4) is 0 Å². The molecule has 11 heteroatoms. The van der Waals surface area contributed by atoms with E-state index in [1.807, 2.05) is 0 Å². The molecule has 1 amide bonds. The Morgan fingerprint density at radius 1 is 1.46 bits per heavy atom. The number of nitrogens with zero attached hydrogens (tertiary/aromatic N) is 4. The van der Waals surface area contributed by atoms with Crippen LogP contribution in [-0.4, -0.2) is 36.7 Å². The summed E-state index contributed by atoms with van der Waals surface area (Å²) in [7, 11) is 0. The second-order valence-corrected chi connectivity index (χ2v) is 5.90. The monoisotopic (exact) mass is 353 g/mol. The van der Waals surface area contributed by atoms with Gasteiger partial charge in [-0.05, 0) is 13.8 Å². The Morgan fingerprint density at radius 2 is 2.17 bits per heavy atom. The number of carbonyl (C=O) groups is 2. The van der Waals surface area contributed by atoms with Crippen molar-refractivity contribution in [2.45, 2.75) is 33.4 Å². The third-order valence-electron chi connectivity index (χ3n) is 3.28. The highest BCUT2D eigenvalue weighted by Crippen LogP contribution is 2.21. The minimum atomic E-state index is -1.12. The number of thiazole rings is 1. The molecule has 0 atom stereocenters. The predicted molar refractivity (Wildman–Crippen MR) is 83.9 cm³/mol. The molecule has 0 unspecified atom stereocenters. The number of hydrogen-bond donors (Lipinski definition) is 2. The van der Waals surface area contributed by atoms with E-state index in [9.17, 15) is 19.7 Å². The van der Waals surface area contributed by atoms with Crippen LogP contribution < -0.4 is 5.32 Å². The standard InChI is InChI=1S/C13H15N5O5S/c1-7-12(18(22)23)8(2)17(16-7)4-3-10(19)14-5-11-15-9(6-24-11)13(20)21/h6H,3-5H2,1-2H3,(H,14,19)(H,20,21). The molecule has 0 spiro atoms. The largest absolute Gasteiger partial charge is 0.476 e. The Kier molecular flexibility index (Phi) is 5.24. The number of carboxylic acid groups (broad SMARTS) is 1. The molecule has 0 bridgehead atoms. The van der Waals surface area contributed by atoms with Crippen LogP contribution in [0, 0.1) is 24.0 Å². The molecule has 0 saturated heterocycles. The first-order chi connectivity index (χ1) is 11.3. The molecular formula is C13H15N5O5S. The molecule has 0 saturated carbocycles. The number of aromatic nitrogens is 3. The van der Waals surface area contributed by atoms with Gasteiger partial charge in [0.1, 0.15) is 16.4 Å². The highest BCUT2D eigenvalue weighted by atomic mass is 32.1. The minimum absolute atomic E-state index is 0.0422. The van der Waals surface area contributed by atoms with Crippen molar-refractivity contribution in [1.29, 1.82) is 0 Å². The summed E-state index contributed by atoms with van der Waals surface area (Å²) < 4.78 is 1.43. The summed E-state index contributed by atoms with van der Waals surface area (Å²) >= 11 is 1.15. The first kappa shape index (κ1) is 17.5. The topological polar surface area (TPSA) is 140 Å². The summed E-state index contributed by atoms with van der Waals surface area (Å²) in [6.07, 6.45) is 0.0935. The summed E-state index contributed by atoms with van der Waals surface area (Å²) in [6, 6.07) is 0. The molecule has 128 valence electrons. The average Bonchev–Trinajstić information content (AvgIpc) is 3.08. The van der Waals surface area contributed by atoms with Crippen LogP contribution in [0.25, 0.3) is 0 Å². The fraction of sp³-hybridized carbons (Fsp3) is 0.385. The van der Waals surface area contributed by atoms with Gasteiger partial charge in [-0.3, -0.25) is 19.6 Å². The fourth-order valence-corrected chi connectivity index (χ4v) is 2.84. The third kappa shape index (κ3) is 3.93. The van der Waals surface area contributed by atoms with Crippen molar-refractivity contribution in [3.63, 3.8) is 0 Å². The molecule has 2 N–H and O–H groups in total. The number of nitrogens with one attached hydrogen (secondary N) is 1. The number of aryl methyl sites for hydroxylation is 2. The van der Waals surface area contributed by atoms with E-state index in [0.29, 0.717) is 16.4 Å². The summed E-state index contributed by atoms with van der Waals surface area (Å²) in [5.41, 5.74) is 0.608. The van der Waals surface area contributed by atoms with Gasteiger partial charge in [0.2, 0.25) is 5.91 Å². The molecule has 0 fully saturated rings. The van der Waals surface area contributed by atoms with Crippen molar-refractivity contribution in [3.8, 4) is 0 Å². The number of nitro groups is 1. The molecule has 0 aliphatic carbocycles. The van der Waals surface area contributed by atoms with Gasteiger partial charge in [0, 0.05) is 11.8 Å². The molecule has 2 aromatic heterocycles. The molecule has 2 rings (SSSR count). The van der Waals surface area contributed by atoms with E-state index in [4.69, 9.17) is 5.11 Å². The van der Waals surface area contributed by atoms with Crippen LogP contribution >= 0.6 is 11.3 Å². The van der Waals surface area contributed by atoms with Crippen molar-refractivity contribution < 1.29 is 19.6 Å². The van der Waals surface area contributed by atoms with Gasteiger partial charge in [0.15, 0.2) is 5.69 Å². The van der Waals surface area contributed by atoms with Gasteiger partial charge in [-0.15, -0.1) is 11.3 Å². The van der Waals surface area contributed by atoms with Crippen LogP contribution in [0.1, 0.15) is 33.3 Å². The number of amides is 1. The molecule has 10 nitrogen and oxygen atoms in total. The average molecular weight is 353 g/mol. The second-order valence-electron chi connectivity index (χ2n) is 4.96. The first-order valence-corrected chi connectivity index (χ1v) is 7.80. The van der Waals surface area contributed by atoms with Crippen molar-refractivity contribution in [2.24, 2.45) is 0 Å². The highest BCUT2D eigenvalue weighted by Gasteiger charge is 2.21. The molecule has 2 aromatic rings. The van der Waals surface area contributed by atoms with Crippen LogP contribution in [0.15, 0.2) is 5.38 Å². The van der Waals surface area contributed by atoms with Crippen LogP contribution in [0.2, 0.25) is 0 Å². The van der Waals surface area contributed by atoms with Gasteiger partial charge in [-0.25, -0.2) is 9.78 Å². The Bertz CT molecular complexity index is 797. The predicted octanol–water partition coefficient (Wildman–Crippen LogP) is 1.27. The van der Waals surface area contributed by atoms with Crippen molar-refractivity contribution in [3.05, 3.63) is 37.6 Å². The van der Waals surface area contributed by atoms with E-state index < -0.39 is 10.9 Å².